The number of nitrogens with one attached hydrogen (secondary N) is 2. The molecule has 0 aliphatic rings. The summed E-state index contributed by atoms with van der Waals surface area (Å²) in [4.78, 5) is 18.3. The van der Waals surface area contributed by atoms with Gasteiger partial charge in [-0.1, -0.05) is 13.3 Å². The number of carboxylic acid groups (broad SMARTS) is 1. The highest BCUT2D eigenvalue weighted by Crippen LogP contribution is 2.15. The van der Waals surface area contributed by atoms with E-state index in [-0.39, 0.29) is 0 Å². The molecule has 5 nitrogen and oxygen atoms in total. The smallest absolute Gasteiger partial charge is 0.320 e. The first-order valence-electron chi connectivity index (χ1n) is 6.09. The van der Waals surface area contributed by atoms with Crippen molar-refractivity contribution < 1.29 is 9.90 Å². The van der Waals surface area contributed by atoms with Crippen LogP contribution in [0.1, 0.15) is 25.3 Å². The number of pyridine rings is 1. The molecule has 3 N–H and O–H groups in total. The SMILES string of the molecule is CCCC(NCc1c[nH]c2ncccc12)C(=O)O. The third kappa shape index (κ3) is 2.68. The maximum Gasteiger partial charge on any atom is 0.320 e. The Morgan fingerprint density at radius 1 is 1.61 bits per heavy atom. The zero-order chi connectivity index (χ0) is 13.0. The molecule has 0 amide bonds. The summed E-state index contributed by atoms with van der Waals surface area (Å²) in [6, 6.07) is 3.36. The molecule has 2 heterocycles. The van der Waals surface area contributed by atoms with Crippen LogP contribution in [0.3, 0.4) is 0 Å². The average molecular weight is 247 g/mol. The Hall–Kier alpha value is -1.88. The summed E-state index contributed by atoms with van der Waals surface area (Å²) in [6.07, 6.45) is 5.08. The van der Waals surface area contributed by atoms with Crippen molar-refractivity contribution in [3.63, 3.8) is 0 Å². The molecule has 96 valence electrons. The van der Waals surface area contributed by atoms with E-state index in [4.69, 9.17) is 5.11 Å². The van der Waals surface area contributed by atoms with E-state index in [0.29, 0.717) is 13.0 Å². The Kier molecular flexibility index (Phi) is 3.94. The third-order valence-corrected chi connectivity index (χ3v) is 2.95. The highest BCUT2D eigenvalue weighted by atomic mass is 16.4. The van der Waals surface area contributed by atoms with Gasteiger partial charge in [0.05, 0.1) is 0 Å². The number of rotatable bonds is 6. The van der Waals surface area contributed by atoms with Crippen LogP contribution in [0.4, 0.5) is 0 Å². The second kappa shape index (κ2) is 5.64. The molecule has 0 aliphatic heterocycles. The van der Waals surface area contributed by atoms with E-state index in [2.05, 4.69) is 15.3 Å². The van der Waals surface area contributed by atoms with Crippen LogP contribution in [0.5, 0.6) is 0 Å². The number of hydrogen-bond acceptors (Lipinski definition) is 3. The first-order chi connectivity index (χ1) is 8.72. The van der Waals surface area contributed by atoms with Gasteiger partial charge in [0.1, 0.15) is 11.7 Å². The number of fused-ring (bicyclic) bond motifs is 1. The van der Waals surface area contributed by atoms with Crippen molar-refractivity contribution >= 4 is 17.0 Å². The van der Waals surface area contributed by atoms with E-state index in [1.54, 1.807) is 6.20 Å². The molecule has 2 rings (SSSR count). The fourth-order valence-electron chi connectivity index (χ4n) is 1.99. The van der Waals surface area contributed by atoms with Crippen molar-refractivity contribution in [1.82, 2.24) is 15.3 Å². The van der Waals surface area contributed by atoms with Crippen LogP contribution in [0.2, 0.25) is 0 Å². The molecule has 0 bridgehead atoms. The topological polar surface area (TPSA) is 78.0 Å². The van der Waals surface area contributed by atoms with Crippen molar-refractivity contribution in [2.75, 3.05) is 0 Å². The van der Waals surface area contributed by atoms with Crippen LogP contribution >= 0.6 is 0 Å². The zero-order valence-corrected chi connectivity index (χ0v) is 10.3. The van der Waals surface area contributed by atoms with Gasteiger partial charge in [0.2, 0.25) is 0 Å². The lowest BCUT2D eigenvalue weighted by atomic mass is 10.1. The molecule has 0 saturated carbocycles. The van der Waals surface area contributed by atoms with Gasteiger partial charge in [0.25, 0.3) is 0 Å². The monoisotopic (exact) mass is 247 g/mol. The summed E-state index contributed by atoms with van der Waals surface area (Å²) in [7, 11) is 0. The van der Waals surface area contributed by atoms with E-state index in [0.717, 1.165) is 23.0 Å². The molecule has 0 aliphatic carbocycles. The van der Waals surface area contributed by atoms with Crippen molar-refractivity contribution in [3.05, 3.63) is 30.1 Å². The first kappa shape index (κ1) is 12.6. The molecular formula is C13H17N3O2. The lowest BCUT2D eigenvalue weighted by Gasteiger charge is -2.12. The predicted octanol–water partition coefficient (Wildman–Crippen LogP) is 1.91. The Balaban J connectivity index is 2.07. The van der Waals surface area contributed by atoms with Crippen molar-refractivity contribution in [1.29, 1.82) is 0 Å². The highest BCUT2D eigenvalue weighted by molar-refractivity contribution is 5.79. The quantitative estimate of drug-likeness (QED) is 0.728. The maximum absolute atomic E-state index is 11.0. The fraction of sp³-hybridized carbons (Fsp3) is 0.385. The van der Waals surface area contributed by atoms with Crippen LogP contribution < -0.4 is 5.32 Å². The molecule has 2 aromatic heterocycles. The molecule has 1 atom stereocenters. The molecular weight excluding hydrogens is 230 g/mol. The third-order valence-electron chi connectivity index (χ3n) is 2.95. The fourth-order valence-corrected chi connectivity index (χ4v) is 1.99. The molecule has 0 fully saturated rings. The van der Waals surface area contributed by atoms with Gasteiger partial charge in [-0.2, -0.15) is 0 Å². The second-order valence-electron chi connectivity index (χ2n) is 4.27. The van der Waals surface area contributed by atoms with Crippen LogP contribution in [-0.2, 0) is 11.3 Å². The number of hydrogen-bond donors (Lipinski definition) is 3. The minimum atomic E-state index is -0.796. The van der Waals surface area contributed by atoms with Crippen molar-refractivity contribution in [2.24, 2.45) is 0 Å². The van der Waals surface area contributed by atoms with E-state index in [9.17, 15) is 4.79 Å². The van der Waals surface area contributed by atoms with Crippen LogP contribution in [-0.4, -0.2) is 27.1 Å². The summed E-state index contributed by atoms with van der Waals surface area (Å²) in [5.74, 6) is -0.796. The molecule has 2 aromatic rings. The summed E-state index contributed by atoms with van der Waals surface area (Å²) >= 11 is 0. The number of nitrogens with zero attached hydrogens (tertiary/aromatic N) is 1. The standard InChI is InChI=1S/C13H17N3O2/c1-2-4-11(13(17)18)15-7-9-8-16-12-10(9)5-3-6-14-12/h3,5-6,8,11,15H,2,4,7H2,1H3,(H,14,16)(H,17,18). The van der Waals surface area contributed by atoms with Crippen LogP contribution in [0.15, 0.2) is 24.5 Å². The summed E-state index contributed by atoms with van der Waals surface area (Å²) < 4.78 is 0. The molecule has 18 heavy (non-hydrogen) atoms. The molecule has 0 aromatic carbocycles. The number of carbonyl (C=O) groups is 1. The van der Waals surface area contributed by atoms with Gasteiger partial charge < -0.3 is 15.4 Å². The largest absolute Gasteiger partial charge is 0.480 e. The van der Waals surface area contributed by atoms with Gasteiger partial charge in [-0.3, -0.25) is 4.79 Å². The molecule has 0 spiro atoms. The van der Waals surface area contributed by atoms with E-state index >= 15 is 0 Å². The van der Waals surface area contributed by atoms with Gasteiger partial charge in [0.15, 0.2) is 0 Å². The number of aromatic nitrogens is 2. The Morgan fingerprint density at radius 3 is 3.17 bits per heavy atom. The molecule has 0 saturated heterocycles. The van der Waals surface area contributed by atoms with Gasteiger partial charge in [-0.15, -0.1) is 0 Å². The minimum Gasteiger partial charge on any atom is -0.480 e. The van der Waals surface area contributed by atoms with Gasteiger partial charge >= 0.3 is 5.97 Å². The number of carboxylic acids is 1. The van der Waals surface area contributed by atoms with E-state index < -0.39 is 12.0 Å². The second-order valence-corrected chi connectivity index (χ2v) is 4.27. The van der Waals surface area contributed by atoms with Gasteiger partial charge in [-0.25, -0.2) is 4.98 Å². The number of aromatic amines is 1. The Labute approximate surface area is 105 Å². The molecule has 5 heteroatoms. The van der Waals surface area contributed by atoms with Crippen molar-refractivity contribution in [2.45, 2.75) is 32.4 Å². The van der Waals surface area contributed by atoms with E-state index in [1.165, 1.54) is 0 Å². The van der Waals surface area contributed by atoms with Crippen LogP contribution in [0, 0.1) is 0 Å². The average Bonchev–Trinajstić information content (AvgIpc) is 2.77. The number of aliphatic carboxylic acids is 1. The van der Waals surface area contributed by atoms with Crippen LogP contribution in [0.25, 0.3) is 11.0 Å². The van der Waals surface area contributed by atoms with E-state index in [1.807, 2.05) is 25.3 Å². The normalized spacial score (nSPS) is 12.7. The highest BCUT2D eigenvalue weighted by Gasteiger charge is 2.15. The first-order valence-corrected chi connectivity index (χ1v) is 6.09. The lowest BCUT2D eigenvalue weighted by Crippen LogP contribution is -2.35. The van der Waals surface area contributed by atoms with Crippen molar-refractivity contribution in [3.8, 4) is 0 Å². The summed E-state index contributed by atoms with van der Waals surface area (Å²) in [5, 5.41) is 13.2. The maximum atomic E-state index is 11.0. The minimum absolute atomic E-state index is 0.489. The predicted molar refractivity (Wildman–Crippen MR) is 69.3 cm³/mol. The van der Waals surface area contributed by atoms with Gasteiger partial charge in [-0.05, 0) is 24.1 Å². The number of H-pyrrole nitrogens is 1. The summed E-state index contributed by atoms with van der Waals surface area (Å²) in [5.41, 5.74) is 1.87. The zero-order valence-electron chi connectivity index (χ0n) is 10.3. The lowest BCUT2D eigenvalue weighted by molar-refractivity contribution is -0.139. The Morgan fingerprint density at radius 2 is 2.44 bits per heavy atom. The van der Waals surface area contributed by atoms with Gasteiger partial charge in [0, 0.05) is 24.3 Å². The molecule has 1 unspecified atom stereocenters. The Bertz CT molecular complexity index is 536. The molecule has 0 radical (unpaired) electrons. The summed E-state index contributed by atoms with van der Waals surface area (Å²) in [6.45, 7) is 2.51.